The predicted molar refractivity (Wildman–Crippen MR) is 237 cm³/mol. The Morgan fingerprint density at radius 1 is 0.286 bits per heavy atom. The van der Waals surface area contributed by atoms with E-state index < -0.39 is 0 Å². The minimum absolute atomic E-state index is 0.918. The second-order valence-corrected chi connectivity index (χ2v) is 14.5. The van der Waals surface area contributed by atoms with Crippen LogP contribution in [0.4, 0.5) is 17.1 Å². The largest absolute Gasteiger partial charge is 0.456 e. The first-order valence-corrected chi connectivity index (χ1v) is 19.2. The summed E-state index contributed by atoms with van der Waals surface area (Å²) in [6.07, 6.45) is 0. The van der Waals surface area contributed by atoms with Crippen LogP contribution >= 0.6 is 0 Å². The van der Waals surface area contributed by atoms with Crippen LogP contribution in [-0.2, 0) is 0 Å². The second kappa shape index (κ2) is 13.2. The Labute approximate surface area is 325 Å². The van der Waals surface area contributed by atoms with Gasteiger partial charge < -0.3 is 9.32 Å². The molecule has 0 fully saturated rings. The molecule has 0 bridgehead atoms. The first-order valence-electron chi connectivity index (χ1n) is 19.2. The molecule has 11 rings (SSSR count). The van der Waals surface area contributed by atoms with Crippen LogP contribution < -0.4 is 4.90 Å². The maximum Gasteiger partial charge on any atom is 0.136 e. The molecule has 0 amide bonds. The molecule has 0 aliphatic heterocycles. The third-order valence-electron chi connectivity index (χ3n) is 11.2. The zero-order valence-corrected chi connectivity index (χ0v) is 30.6. The van der Waals surface area contributed by atoms with Gasteiger partial charge in [-0.1, -0.05) is 146 Å². The standard InChI is InChI=1S/C54H35NO/c1-2-16-43(17-3-1)55(44-29-26-36(27-30-44)50-35-42-12-4-5-19-46(42)47-20-6-7-21-48(47)50)45-18-11-15-40(33-45)38-13-10-14-39(32-38)41-25-24-37-28-31-53-54(51(37)34-41)49-22-8-9-23-52(49)56-53/h1-35H. The lowest BCUT2D eigenvalue weighted by molar-refractivity contribution is 0.669. The fraction of sp³-hybridized carbons (Fsp3) is 0. The normalized spacial score (nSPS) is 11.6. The number of hydrogen-bond acceptors (Lipinski definition) is 2. The molecule has 0 aliphatic carbocycles. The molecule has 1 heterocycles. The molecule has 0 atom stereocenters. The summed E-state index contributed by atoms with van der Waals surface area (Å²) in [7, 11) is 0. The van der Waals surface area contributed by atoms with Gasteiger partial charge in [-0.15, -0.1) is 0 Å². The Hall–Kier alpha value is -7.42. The van der Waals surface area contributed by atoms with E-state index in [0.29, 0.717) is 0 Å². The molecule has 262 valence electrons. The number of para-hydroxylation sites is 2. The van der Waals surface area contributed by atoms with E-state index in [4.69, 9.17) is 4.42 Å². The Kier molecular flexibility index (Phi) is 7.53. The van der Waals surface area contributed by atoms with Gasteiger partial charge in [0.05, 0.1) is 0 Å². The fourth-order valence-corrected chi connectivity index (χ4v) is 8.53. The summed E-state index contributed by atoms with van der Waals surface area (Å²) in [6, 6.07) is 76.5. The van der Waals surface area contributed by atoms with Gasteiger partial charge in [0.15, 0.2) is 0 Å². The van der Waals surface area contributed by atoms with Crippen molar-refractivity contribution in [2.24, 2.45) is 0 Å². The van der Waals surface area contributed by atoms with Gasteiger partial charge in [-0.25, -0.2) is 0 Å². The second-order valence-electron chi connectivity index (χ2n) is 14.5. The fourth-order valence-electron chi connectivity index (χ4n) is 8.53. The van der Waals surface area contributed by atoms with Gasteiger partial charge >= 0.3 is 0 Å². The minimum Gasteiger partial charge on any atom is -0.456 e. The van der Waals surface area contributed by atoms with Crippen LogP contribution in [0, 0.1) is 0 Å². The average Bonchev–Trinajstić information content (AvgIpc) is 3.66. The molecule has 0 spiro atoms. The maximum atomic E-state index is 6.23. The number of anilines is 3. The zero-order chi connectivity index (χ0) is 37.0. The molecule has 0 unspecified atom stereocenters. The molecule has 0 saturated carbocycles. The van der Waals surface area contributed by atoms with E-state index in [1.807, 2.05) is 12.1 Å². The summed E-state index contributed by atoms with van der Waals surface area (Å²) >= 11 is 0. The van der Waals surface area contributed by atoms with Crippen molar-refractivity contribution in [3.8, 4) is 33.4 Å². The van der Waals surface area contributed by atoms with Crippen LogP contribution in [0.2, 0.25) is 0 Å². The topological polar surface area (TPSA) is 16.4 Å². The third kappa shape index (κ3) is 5.42. The van der Waals surface area contributed by atoms with Gasteiger partial charge in [0, 0.05) is 27.8 Å². The van der Waals surface area contributed by atoms with Crippen molar-refractivity contribution in [3.63, 3.8) is 0 Å². The summed E-state index contributed by atoms with van der Waals surface area (Å²) in [5.74, 6) is 0. The highest BCUT2D eigenvalue weighted by Crippen LogP contribution is 2.41. The number of rotatable bonds is 6. The Morgan fingerprint density at radius 3 is 1.70 bits per heavy atom. The van der Waals surface area contributed by atoms with Crippen molar-refractivity contribution < 1.29 is 4.42 Å². The highest BCUT2D eigenvalue weighted by atomic mass is 16.3. The lowest BCUT2D eigenvalue weighted by Gasteiger charge is -2.26. The quantitative estimate of drug-likeness (QED) is 0.160. The van der Waals surface area contributed by atoms with Crippen LogP contribution in [0.15, 0.2) is 217 Å². The highest BCUT2D eigenvalue weighted by molar-refractivity contribution is 6.19. The van der Waals surface area contributed by atoms with Crippen LogP contribution in [0.3, 0.4) is 0 Å². The van der Waals surface area contributed by atoms with Gasteiger partial charge in [0.1, 0.15) is 11.2 Å². The molecule has 10 aromatic carbocycles. The first-order chi connectivity index (χ1) is 27.7. The van der Waals surface area contributed by atoms with Crippen LogP contribution in [0.5, 0.6) is 0 Å². The molecule has 56 heavy (non-hydrogen) atoms. The van der Waals surface area contributed by atoms with E-state index in [1.54, 1.807) is 0 Å². The number of furan rings is 1. The summed E-state index contributed by atoms with van der Waals surface area (Å²) in [4.78, 5) is 2.35. The van der Waals surface area contributed by atoms with Crippen molar-refractivity contribution in [2.45, 2.75) is 0 Å². The molecule has 0 N–H and O–H groups in total. The third-order valence-corrected chi connectivity index (χ3v) is 11.2. The molecule has 2 nitrogen and oxygen atoms in total. The molecule has 1 aromatic heterocycles. The van der Waals surface area contributed by atoms with Crippen molar-refractivity contribution in [1.82, 2.24) is 0 Å². The summed E-state index contributed by atoms with van der Waals surface area (Å²) in [5.41, 5.74) is 12.3. The van der Waals surface area contributed by atoms with E-state index in [1.165, 1.54) is 65.5 Å². The van der Waals surface area contributed by atoms with Crippen molar-refractivity contribution in [1.29, 1.82) is 0 Å². The van der Waals surface area contributed by atoms with Crippen molar-refractivity contribution in [2.75, 3.05) is 4.90 Å². The Bertz CT molecular complexity index is 3250. The number of nitrogens with zero attached hydrogens (tertiary/aromatic N) is 1. The number of fused-ring (bicyclic) bond motifs is 8. The smallest absolute Gasteiger partial charge is 0.136 e. The van der Waals surface area contributed by atoms with Gasteiger partial charge in [0.2, 0.25) is 0 Å². The highest BCUT2D eigenvalue weighted by Gasteiger charge is 2.16. The van der Waals surface area contributed by atoms with Crippen molar-refractivity contribution >= 4 is 71.3 Å². The van der Waals surface area contributed by atoms with E-state index in [0.717, 1.165) is 39.2 Å². The number of benzene rings is 10. The van der Waals surface area contributed by atoms with E-state index in [-0.39, 0.29) is 0 Å². The molecular weight excluding hydrogens is 679 g/mol. The van der Waals surface area contributed by atoms with E-state index in [9.17, 15) is 0 Å². The first kappa shape index (κ1) is 32.0. The Morgan fingerprint density at radius 2 is 0.875 bits per heavy atom. The van der Waals surface area contributed by atoms with Crippen LogP contribution in [0.1, 0.15) is 0 Å². The molecule has 0 radical (unpaired) electrons. The molecule has 0 saturated heterocycles. The minimum atomic E-state index is 0.918. The van der Waals surface area contributed by atoms with Gasteiger partial charge in [-0.2, -0.15) is 0 Å². The maximum absolute atomic E-state index is 6.23. The monoisotopic (exact) mass is 713 g/mol. The van der Waals surface area contributed by atoms with E-state index in [2.05, 4.69) is 205 Å². The molecular formula is C54H35NO. The Balaban J connectivity index is 0.977. The van der Waals surface area contributed by atoms with Crippen molar-refractivity contribution in [3.05, 3.63) is 212 Å². The van der Waals surface area contributed by atoms with Gasteiger partial charge in [-0.3, -0.25) is 0 Å². The van der Waals surface area contributed by atoms with Crippen LogP contribution in [-0.4, -0.2) is 0 Å². The molecule has 11 aromatic rings. The summed E-state index contributed by atoms with van der Waals surface area (Å²) < 4.78 is 6.23. The van der Waals surface area contributed by atoms with Crippen LogP contribution in [0.25, 0.3) is 87.6 Å². The number of hydrogen-bond donors (Lipinski definition) is 0. The van der Waals surface area contributed by atoms with E-state index >= 15 is 0 Å². The summed E-state index contributed by atoms with van der Waals surface area (Å²) in [6.45, 7) is 0. The zero-order valence-electron chi connectivity index (χ0n) is 30.6. The van der Waals surface area contributed by atoms with Gasteiger partial charge in [0.25, 0.3) is 0 Å². The lowest BCUT2D eigenvalue weighted by atomic mass is 9.93. The summed E-state index contributed by atoms with van der Waals surface area (Å²) in [5, 5.41) is 9.81. The molecule has 2 heteroatoms. The predicted octanol–water partition coefficient (Wildman–Crippen LogP) is 15.5. The lowest BCUT2D eigenvalue weighted by Crippen LogP contribution is -2.09. The molecule has 0 aliphatic rings. The SMILES string of the molecule is c1ccc(N(c2ccc(-c3cc4ccccc4c4ccccc34)cc2)c2cccc(-c3cccc(-c4ccc5ccc6oc7ccccc7c6c5c4)c3)c2)cc1. The van der Waals surface area contributed by atoms with Gasteiger partial charge in [-0.05, 0) is 132 Å². The average molecular weight is 714 g/mol.